The van der Waals surface area contributed by atoms with E-state index in [1.807, 2.05) is 13.0 Å². The SMILES string of the molecule is C=CC[C@H](C)[C@H]1CC[C@H](C)C2=C1C(=O)C(C)C(=O)C2=O. The Morgan fingerprint density at radius 2 is 1.80 bits per heavy atom. The third-order valence-electron chi connectivity index (χ3n) is 4.81. The van der Waals surface area contributed by atoms with Gasteiger partial charge in [-0.2, -0.15) is 0 Å². The van der Waals surface area contributed by atoms with Crippen molar-refractivity contribution in [2.75, 3.05) is 0 Å². The fourth-order valence-corrected chi connectivity index (χ4v) is 3.52. The smallest absolute Gasteiger partial charge is 0.226 e. The van der Waals surface area contributed by atoms with Crippen molar-refractivity contribution in [3.63, 3.8) is 0 Å². The minimum atomic E-state index is -0.801. The predicted octanol–water partition coefficient (Wildman–Crippen LogP) is 2.90. The fraction of sp³-hybridized carbons (Fsp3) is 0.588. The summed E-state index contributed by atoms with van der Waals surface area (Å²) in [6.45, 7) is 9.34. The van der Waals surface area contributed by atoms with Gasteiger partial charge in [-0.25, -0.2) is 0 Å². The molecule has 0 aromatic carbocycles. The Kier molecular flexibility index (Phi) is 4.07. The average Bonchev–Trinajstić information content (AvgIpc) is 2.42. The van der Waals surface area contributed by atoms with Gasteiger partial charge in [-0.05, 0) is 43.9 Å². The molecule has 0 bridgehead atoms. The molecule has 0 aromatic heterocycles. The molecule has 2 rings (SSSR count). The van der Waals surface area contributed by atoms with Crippen LogP contribution in [0, 0.1) is 23.7 Å². The molecular formula is C17H22O3. The lowest BCUT2D eigenvalue weighted by Crippen LogP contribution is -2.43. The van der Waals surface area contributed by atoms with Crippen molar-refractivity contribution in [1.29, 1.82) is 0 Å². The lowest BCUT2D eigenvalue weighted by atomic mass is 9.64. The summed E-state index contributed by atoms with van der Waals surface area (Å²) < 4.78 is 0. The quantitative estimate of drug-likeness (QED) is 0.452. The molecule has 20 heavy (non-hydrogen) atoms. The molecule has 0 saturated heterocycles. The van der Waals surface area contributed by atoms with Gasteiger partial charge in [0.1, 0.15) is 0 Å². The molecule has 0 fully saturated rings. The summed E-state index contributed by atoms with van der Waals surface area (Å²) in [4.78, 5) is 36.7. The topological polar surface area (TPSA) is 51.2 Å². The zero-order chi connectivity index (χ0) is 15.0. The number of Topliss-reactive ketones (excluding diaryl/α,β-unsaturated/α-hetero) is 3. The maximum absolute atomic E-state index is 12.5. The van der Waals surface area contributed by atoms with E-state index in [2.05, 4.69) is 13.5 Å². The van der Waals surface area contributed by atoms with Gasteiger partial charge in [-0.3, -0.25) is 14.4 Å². The summed E-state index contributed by atoms with van der Waals surface area (Å²) >= 11 is 0. The van der Waals surface area contributed by atoms with E-state index in [0.717, 1.165) is 19.3 Å². The predicted molar refractivity (Wildman–Crippen MR) is 77.1 cm³/mol. The summed E-state index contributed by atoms with van der Waals surface area (Å²) in [5, 5.41) is 0. The molecular weight excluding hydrogens is 252 g/mol. The second kappa shape index (κ2) is 5.47. The fourth-order valence-electron chi connectivity index (χ4n) is 3.52. The van der Waals surface area contributed by atoms with Crippen LogP contribution >= 0.6 is 0 Å². The Balaban J connectivity index is 2.53. The van der Waals surface area contributed by atoms with E-state index in [4.69, 9.17) is 0 Å². The van der Waals surface area contributed by atoms with Crippen molar-refractivity contribution in [2.45, 2.75) is 40.0 Å². The first-order valence-electron chi connectivity index (χ1n) is 7.37. The van der Waals surface area contributed by atoms with Crippen LogP contribution in [0.25, 0.3) is 0 Å². The van der Waals surface area contributed by atoms with Crippen molar-refractivity contribution in [3.05, 3.63) is 23.8 Å². The highest BCUT2D eigenvalue weighted by molar-refractivity contribution is 6.51. The Hall–Kier alpha value is -1.51. The average molecular weight is 274 g/mol. The van der Waals surface area contributed by atoms with Crippen LogP contribution in [0.1, 0.15) is 40.0 Å². The highest BCUT2D eigenvalue weighted by Crippen LogP contribution is 2.43. The van der Waals surface area contributed by atoms with E-state index in [1.54, 1.807) is 6.92 Å². The largest absolute Gasteiger partial charge is 0.294 e. The number of ketones is 3. The van der Waals surface area contributed by atoms with E-state index >= 15 is 0 Å². The molecule has 0 amide bonds. The zero-order valence-electron chi connectivity index (χ0n) is 12.4. The maximum Gasteiger partial charge on any atom is 0.226 e. The molecule has 3 nitrogen and oxygen atoms in total. The Morgan fingerprint density at radius 3 is 2.40 bits per heavy atom. The van der Waals surface area contributed by atoms with Crippen LogP contribution < -0.4 is 0 Å². The van der Waals surface area contributed by atoms with Gasteiger partial charge < -0.3 is 0 Å². The highest BCUT2D eigenvalue weighted by atomic mass is 16.2. The van der Waals surface area contributed by atoms with Crippen LogP contribution in [-0.2, 0) is 14.4 Å². The molecule has 0 N–H and O–H groups in total. The van der Waals surface area contributed by atoms with Crippen LogP contribution in [0.2, 0.25) is 0 Å². The Morgan fingerprint density at radius 1 is 1.15 bits per heavy atom. The number of allylic oxidation sites excluding steroid dienone is 3. The molecule has 1 unspecified atom stereocenters. The lowest BCUT2D eigenvalue weighted by Gasteiger charge is -2.37. The summed E-state index contributed by atoms with van der Waals surface area (Å²) in [5.41, 5.74) is 1.15. The normalized spacial score (nSPS) is 32.1. The molecule has 0 aliphatic heterocycles. The van der Waals surface area contributed by atoms with Crippen molar-refractivity contribution in [3.8, 4) is 0 Å². The highest BCUT2D eigenvalue weighted by Gasteiger charge is 2.46. The first-order chi connectivity index (χ1) is 9.40. The molecule has 0 spiro atoms. The first kappa shape index (κ1) is 14.9. The lowest BCUT2D eigenvalue weighted by molar-refractivity contribution is -0.141. The number of hydrogen-bond acceptors (Lipinski definition) is 3. The van der Waals surface area contributed by atoms with Gasteiger partial charge in [0, 0.05) is 11.1 Å². The van der Waals surface area contributed by atoms with E-state index in [1.165, 1.54) is 0 Å². The van der Waals surface area contributed by atoms with Crippen LogP contribution in [-0.4, -0.2) is 17.3 Å². The number of carbonyl (C=O) groups excluding carboxylic acids is 3. The standard InChI is InChI=1S/C17H22O3/c1-5-6-9(2)12-8-7-10(3)13-14(12)15(18)11(4)16(19)17(13)20/h5,9-12H,1,6-8H2,2-4H3/t9-,10-,11?,12+/m0/s1. The van der Waals surface area contributed by atoms with Gasteiger partial charge in [-0.15, -0.1) is 6.58 Å². The number of rotatable bonds is 3. The van der Waals surface area contributed by atoms with Gasteiger partial charge >= 0.3 is 0 Å². The summed E-state index contributed by atoms with van der Waals surface area (Å²) in [6, 6.07) is 0. The van der Waals surface area contributed by atoms with Crippen molar-refractivity contribution in [1.82, 2.24) is 0 Å². The summed E-state index contributed by atoms with van der Waals surface area (Å²) in [7, 11) is 0. The van der Waals surface area contributed by atoms with E-state index < -0.39 is 17.5 Å². The van der Waals surface area contributed by atoms with Gasteiger partial charge in [0.15, 0.2) is 5.78 Å². The van der Waals surface area contributed by atoms with Crippen molar-refractivity contribution < 1.29 is 14.4 Å². The number of hydrogen-bond donors (Lipinski definition) is 0. The summed E-state index contributed by atoms with van der Waals surface area (Å²) in [5.74, 6) is -1.49. The Bertz CT molecular complexity index is 512. The molecule has 4 atom stereocenters. The van der Waals surface area contributed by atoms with Crippen molar-refractivity contribution >= 4 is 17.3 Å². The van der Waals surface area contributed by atoms with Gasteiger partial charge in [0.05, 0.1) is 5.92 Å². The molecule has 3 heteroatoms. The minimum Gasteiger partial charge on any atom is -0.294 e. The molecule has 2 aliphatic carbocycles. The van der Waals surface area contributed by atoms with Gasteiger partial charge in [0.2, 0.25) is 11.6 Å². The zero-order valence-corrected chi connectivity index (χ0v) is 12.4. The van der Waals surface area contributed by atoms with Crippen molar-refractivity contribution in [2.24, 2.45) is 23.7 Å². The van der Waals surface area contributed by atoms with Gasteiger partial charge in [0.25, 0.3) is 0 Å². The van der Waals surface area contributed by atoms with Crippen LogP contribution in [0.3, 0.4) is 0 Å². The minimum absolute atomic E-state index is 0.0186. The van der Waals surface area contributed by atoms with E-state index in [-0.39, 0.29) is 23.5 Å². The van der Waals surface area contributed by atoms with Gasteiger partial charge in [-0.1, -0.05) is 19.9 Å². The molecule has 0 heterocycles. The van der Waals surface area contributed by atoms with E-state index in [0.29, 0.717) is 11.1 Å². The molecule has 2 aliphatic rings. The monoisotopic (exact) mass is 274 g/mol. The number of carbonyl (C=O) groups is 3. The van der Waals surface area contributed by atoms with Crippen LogP contribution in [0.5, 0.6) is 0 Å². The Labute approximate surface area is 120 Å². The van der Waals surface area contributed by atoms with Crippen LogP contribution in [0.15, 0.2) is 23.8 Å². The third-order valence-corrected chi connectivity index (χ3v) is 4.81. The summed E-state index contributed by atoms with van der Waals surface area (Å²) in [6.07, 6.45) is 4.45. The second-order valence-electron chi connectivity index (χ2n) is 6.19. The molecule has 108 valence electrons. The molecule has 0 saturated carbocycles. The van der Waals surface area contributed by atoms with E-state index in [9.17, 15) is 14.4 Å². The van der Waals surface area contributed by atoms with Crippen LogP contribution in [0.4, 0.5) is 0 Å². The first-order valence-corrected chi connectivity index (χ1v) is 7.37. The molecule has 0 aromatic rings. The second-order valence-corrected chi connectivity index (χ2v) is 6.19. The maximum atomic E-state index is 12.5. The molecule has 0 radical (unpaired) electrons. The third kappa shape index (κ3) is 2.19.